The number of nitrogens with one attached hydrogen (secondary N) is 2. The zero-order valence-electron chi connectivity index (χ0n) is 26.9. The van der Waals surface area contributed by atoms with Gasteiger partial charge in [-0.3, -0.25) is 4.79 Å². The highest BCUT2D eigenvalue weighted by molar-refractivity contribution is 6.02. The zero-order valence-corrected chi connectivity index (χ0v) is 26.9. The van der Waals surface area contributed by atoms with Gasteiger partial charge in [-0.25, -0.2) is 4.79 Å². The van der Waals surface area contributed by atoms with Gasteiger partial charge < -0.3 is 39.8 Å². The van der Waals surface area contributed by atoms with Crippen molar-refractivity contribution in [3.05, 3.63) is 48.0 Å². The summed E-state index contributed by atoms with van der Waals surface area (Å²) >= 11 is 0. The number of fused-ring (bicyclic) bond motifs is 1. The van der Waals surface area contributed by atoms with Gasteiger partial charge in [-0.2, -0.15) is 0 Å². The first-order valence-electron chi connectivity index (χ1n) is 15.9. The smallest absolute Gasteiger partial charge is 0.323 e. The SMILES string of the molecule is COc1ccc(NC(=O)Nc2ccc3c(c2)C(=O)N([C@H](C)CO)C[C@H](C)[C@H](CN(C)CC2CC2)OCCCC[C@@H](C)O3)cc1. The summed E-state index contributed by atoms with van der Waals surface area (Å²) in [4.78, 5) is 31.2. The van der Waals surface area contributed by atoms with Crippen LogP contribution in [-0.4, -0.2) is 92.1 Å². The fourth-order valence-corrected chi connectivity index (χ4v) is 5.55. The molecule has 0 aromatic heterocycles. The molecular formula is C34H50N4O6. The van der Waals surface area contributed by atoms with E-state index >= 15 is 0 Å². The van der Waals surface area contributed by atoms with Gasteiger partial charge in [0.2, 0.25) is 0 Å². The van der Waals surface area contributed by atoms with Crippen LogP contribution in [0.5, 0.6) is 11.5 Å². The maximum absolute atomic E-state index is 14.3. The molecule has 242 valence electrons. The predicted molar refractivity (Wildman–Crippen MR) is 173 cm³/mol. The maximum atomic E-state index is 14.3. The highest BCUT2D eigenvalue weighted by Gasteiger charge is 2.31. The topological polar surface area (TPSA) is 113 Å². The van der Waals surface area contributed by atoms with Crippen LogP contribution in [0.3, 0.4) is 0 Å². The number of rotatable bonds is 9. The number of anilines is 2. The van der Waals surface area contributed by atoms with Crippen LogP contribution in [0.1, 0.15) is 63.2 Å². The van der Waals surface area contributed by atoms with Crippen LogP contribution < -0.4 is 20.1 Å². The van der Waals surface area contributed by atoms with E-state index in [-0.39, 0.29) is 30.6 Å². The predicted octanol–water partition coefficient (Wildman–Crippen LogP) is 5.48. The number of urea groups is 1. The summed E-state index contributed by atoms with van der Waals surface area (Å²) in [5.74, 6) is 1.69. The Kier molecular flexibility index (Phi) is 12.3. The fourth-order valence-electron chi connectivity index (χ4n) is 5.55. The van der Waals surface area contributed by atoms with E-state index in [1.54, 1.807) is 54.5 Å². The Morgan fingerprint density at radius 2 is 1.77 bits per heavy atom. The highest BCUT2D eigenvalue weighted by atomic mass is 16.5. The highest BCUT2D eigenvalue weighted by Crippen LogP contribution is 2.31. The van der Waals surface area contributed by atoms with Crippen molar-refractivity contribution in [1.29, 1.82) is 0 Å². The van der Waals surface area contributed by atoms with Crippen LogP contribution in [0.25, 0.3) is 0 Å². The first-order valence-corrected chi connectivity index (χ1v) is 15.9. The summed E-state index contributed by atoms with van der Waals surface area (Å²) in [5.41, 5.74) is 1.39. The molecule has 4 atom stereocenters. The molecule has 10 nitrogen and oxygen atoms in total. The van der Waals surface area contributed by atoms with E-state index in [9.17, 15) is 14.7 Å². The van der Waals surface area contributed by atoms with Gasteiger partial charge in [0, 0.05) is 43.5 Å². The normalized spacial score (nSPS) is 22.4. The minimum atomic E-state index is -0.442. The number of ether oxygens (including phenoxy) is 3. The lowest BCUT2D eigenvalue weighted by Gasteiger charge is -2.36. The van der Waals surface area contributed by atoms with E-state index < -0.39 is 12.1 Å². The van der Waals surface area contributed by atoms with Crippen LogP contribution in [0.15, 0.2) is 42.5 Å². The van der Waals surface area contributed by atoms with Gasteiger partial charge >= 0.3 is 6.03 Å². The summed E-state index contributed by atoms with van der Waals surface area (Å²) in [6.07, 6.45) is 5.11. The van der Waals surface area contributed by atoms with Gasteiger partial charge in [-0.15, -0.1) is 0 Å². The van der Waals surface area contributed by atoms with Crippen molar-refractivity contribution in [2.45, 2.75) is 71.1 Å². The molecule has 10 heteroatoms. The van der Waals surface area contributed by atoms with Crippen molar-refractivity contribution in [3.8, 4) is 11.5 Å². The number of aliphatic hydroxyl groups is 1. The van der Waals surface area contributed by atoms with Gasteiger partial charge in [-0.1, -0.05) is 6.92 Å². The Balaban J connectivity index is 1.57. The Bertz CT molecular complexity index is 1220. The minimum Gasteiger partial charge on any atom is -0.497 e. The van der Waals surface area contributed by atoms with Gasteiger partial charge in [-0.05, 0) is 101 Å². The Hall–Kier alpha value is -3.34. The lowest BCUT2D eigenvalue weighted by atomic mass is 10.0. The van der Waals surface area contributed by atoms with Crippen LogP contribution >= 0.6 is 0 Å². The van der Waals surface area contributed by atoms with Gasteiger partial charge in [0.25, 0.3) is 5.91 Å². The van der Waals surface area contributed by atoms with Crippen LogP contribution in [0.4, 0.5) is 16.2 Å². The number of benzene rings is 2. The number of hydrogen-bond acceptors (Lipinski definition) is 7. The average Bonchev–Trinajstić information content (AvgIpc) is 3.82. The van der Waals surface area contributed by atoms with Crippen molar-refractivity contribution in [2.75, 3.05) is 57.6 Å². The van der Waals surface area contributed by atoms with Crippen molar-refractivity contribution in [3.63, 3.8) is 0 Å². The molecule has 1 saturated carbocycles. The molecule has 2 aliphatic rings. The Morgan fingerprint density at radius 1 is 1.07 bits per heavy atom. The second-order valence-electron chi connectivity index (χ2n) is 12.5. The second kappa shape index (κ2) is 16.1. The molecule has 0 saturated heterocycles. The molecule has 1 heterocycles. The van der Waals surface area contributed by atoms with Crippen molar-refractivity contribution >= 4 is 23.3 Å². The number of amides is 3. The minimum absolute atomic E-state index is 0.0254. The first kappa shape index (κ1) is 33.6. The van der Waals surface area contributed by atoms with Crippen molar-refractivity contribution < 1.29 is 28.9 Å². The summed E-state index contributed by atoms with van der Waals surface area (Å²) < 4.78 is 17.9. The maximum Gasteiger partial charge on any atom is 0.323 e. The summed E-state index contributed by atoms with van der Waals surface area (Å²) in [6, 6.07) is 11.3. The second-order valence-corrected chi connectivity index (χ2v) is 12.5. The van der Waals surface area contributed by atoms with Crippen LogP contribution in [0.2, 0.25) is 0 Å². The molecular weight excluding hydrogens is 560 g/mol. The molecule has 3 N–H and O–H groups in total. The average molecular weight is 611 g/mol. The molecule has 0 bridgehead atoms. The van der Waals surface area contributed by atoms with E-state index in [2.05, 4.69) is 29.5 Å². The molecule has 44 heavy (non-hydrogen) atoms. The molecule has 4 rings (SSSR count). The van der Waals surface area contributed by atoms with Crippen molar-refractivity contribution in [1.82, 2.24) is 9.80 Å². The van der Waals surface area contributed by atoms with E-state index in [0.29, 0.717) is 41.6 Å². The van der Waals surface area contributed by atoms with E-state index in [0.717, 1.165) is 38.3 Å². The molecule has 0 unspecified atom stereocenters. The van der Waals surface area contributed by atoms with Gasteiger partial charge in [0.15, 0.2) is 0 Å². The molecule has 0 radical (unpaired) electrons. The third kappa shape index (κ3) is 9.84. The monoisotopic (exact) mass is 610 g/mol. The number of carbonyl (C=O) groups is 2. The lowest BCUT2D eigenvalue weighted by Crippen LogP contribution is -2.47. The van der Waals surface area contributed by atoms with Gasteiger partial charge in [0.1, 0.15) is 11.5 Å². The zero-order chi connectivity index (χ0) is 31.6. The fraction of sp³-hybridized carbons (Fsp3) is 0.588. The van der Waals surface area contributed by atoms with Crippen molar-refractivity contribution in [2.24, 2.45) is 11.8 Å². The third-order valence-electron chi connectivity index (χ3n) is 8.42. The summed E-state index contributed by atoms with van der Waals surface area (Å²) in [7, 11) is 3.73. The van der Waals surface area contributed by atoms with E-state index in [1.807, 2.05) is 13.8 Å². The van der Waals surface area contributed by atoms with Crippen LogP contribution in [-0.2, 0) is 4.74 Å². The molecule has 2 aromatic carbocycles. The largest absolute Gasteiger partial charge is 0.497 e. The molecule has 1 aliphatic carbocycles. The van der Waals surface area contributed by atoms with E-state index in [1.165, 1.54) is 12.8 Å². The lowest BCUT2D eigenvalue weighted by molar-refractivity contribution is -0.0172. The Morgan fingerprint density at radius 3 is 2.45 bits per heavy atom. The molecule has 2 aromatic rings. The number of aliphatic hydroxyl groups excluding tert-OH is 1. The number of nitrogens with zero attached hydrogens (tertiary/aromatic N) is 2. The summed E-state index contributed by atoms with van der Waals surface area (Å²) in [6.45, 7) is 8.71. The summed E-state index contributed by atoms with van der Waals surface area (Å²) in [5, 5.41) is 15.8. The molecule has 3 amide bonds. The molecule has 0 spiro atoms. The number of likely N-dealkylation sites (N-methyl/N-ethyl adjacent to an activating group) is 1. The Labute approximate surface area is 262 Å². The standard InChI is InChI=1S/C34H50N4O6/c1-23-19-38(24(2)22-39)33(40)30-18-28(36-34(41)35-27-11-14-29(42-5)15-12-27)13-16-31(30)44-25(3)8-6-7-17-43-32(23)21-37(4)20-26-9-10-26/h11-16,18,23-26,32,39H,6-10,17,19-22H2,1-5H3,(H2,35,36,41)/t23-,24+,25+,32-/m0/s1. The number of carbonyl (C=O) groups excluding carboxylic acids is 2. The first-order chi connectivity index (χ1) is 21.2. The third-order valence-corrected chi connectivity index (χ3v) is 8.42. The van der Waals surface area contributed by atoms with Crippen LogP contribution in [0, 0.1) is 11.8 Å². The molecule has 1 fully saturated rings. The quantitative estimate of drug-likeness (QED) is 0.345. The number of hydrogen-bond donors (Lipinski definition) is 3. The van der Waals surface area contributed by atoms with Gasteiger partial charge in [0.05, 0.1) is 37.5 Å². The molecule has 1 aliphatic heterocycles. The van der Waals surface area contributed by atoms with E-state index in [4.69, 9.17) is 14.2 Å². The number of methoxy groups -OCH3 is 1.